The van der Waals surface area contributed by atoms with Gasteiger partial charge in [0.25, 0.3) is 0 Å². The number of halogens is 3. The minimum absolute atomic E-state index is 0.102. The molecule has 0 spiro atoms. The van der Waals surface area contributed by atoms with Crippen molar-refractivity contribution in [2.45, 2.75) is 18.9 Å². The quantitative estimate of drug-likeness (QED) is 0.801. The van der Waals surface area contributed by atoms with Gasteiger partial charge in [-0.1, -0.05) is 11.6 Å². The van der Waals surface area contributed by atoms with Crippen LogP contribution in [0.3, 0.4) is 0 Å². The van der Waals surface area contributed by atoms with Gasteiger partial charge in [0.2, 0.25) is 5.91 Å². The molecule has 1 aliphatic rings. The maximum absolute atomic E-state index is 13.5. The lowest BCUT2D eigenvalue weighted by Gasteiger charge is -2.12. The van der Waals surface area contributed by atoms with Crippen molar-refractivity contribution in [2.75, 3.05) is 11.9 Å². The van der Waals surface area contributed by atoms with E-state index in [9.17, 15) is 13.6 Å². The van der Waals surface area contributed by atoms with E-state index in [1.54, 1.807) is 0 Å². The van der Waals surface area contributed by atoms with Crippen molar-refractivity contribution in [3.63, 3.8) is 0 Å². The lowest BCUT2D eigenvalue weighted by atomic mass is 10.2. The molecule has 0 aliphatic carbocycles. The minimum Gasteiger partial charge on any atom is -0.322 e. The van der Waals surface area contributed by atoms with Gasteiger partial charge in [-0.15, -0.1) is 0 Å². The largest absolute Gasteiger partial charge is 0.322 e. The van der Waals surface area contributed by atoms with Crippen molar-refractivity contribution in [2.24, 2.45) is 0 Å². The first-order chi connectivity index (χ1) is 8.09. The lowest BCUT2D eigenvalue weighted by Crippen LogP contribution is -2.35. The molecule has 0 aromatic heterocycles. The Bertz CT molecular complexity index is 447. The van der Waals surface area contributed by atoms with E-state index >= 15 is 0 Å². The number of hydrogen-bond donors (Lipinski definition) is 2. The summed E-state index contributed by atoms with van der Waals surface area (Å²) in [6, 6.07) is 1.85. The molecule has 0 unspecified atom stereocenters. The highest BCUT2D eigenvalue weighted by molar-refractivity contribution is 6.31. The zero-order chi connectivity index (χ0) is 12.4. The summed E-state index contributed by atoms with van der Waals surface area (Å²) >= 11 is 5.41. The van der Waals surface area contributed by atoms with E-state index in [1.165, 1.54) is 0 Å². The highest BCUT2D eigenvalue weighted by Gasteiger charge is 2.23. The van der Waals surface area contributed by atoms with Gasteiger partial charge in [0.05, 0.1) is 11.7 Å². The van der Waals surface area contributed by atoms with E-state index in [0.717, 1.165) is 25.1 Å². The van der Waals surface area contributed by atoms with Crippen LogP contribution in [0.25, 0.3) is 0 Å². The molecule has 2 N–H and O–H groups in total. The van der Waals surface area contributed by atoms with Gasteiger partial charge in [0.15, 0.2) is 5.82 Å². The Hall–Kier alpha value is -1.20. The standard InChI is InChI=1S/C11H11ClF2N2O/c12-9-6(13)3-4-7(10(9)14)16-11(17)8-2-1-5-15-8/h3-4,8,15H,1-2,5H2,(H,16,17)/t8-/m0/s1. The maximum atomic E-state index is 13.5. The zero-order valence-electron chi connectivity index (χ0n) is 8.90. The summed E-state index contributed by atoms with van der Waals surface area (Å²) in [5.41, 5.74) is -0.102. The van der Waals surface area contributed by atoms with Crippen molar-refractivity contribution in [3.8, 4) is 0 Å². The third kappa shape index (κ3) is 2.56. The number of rotatable bonds is 2. The molecule has 1 amide bonds. The topological polar surface area (TPSA) is 41.1 Å². The Kier molecular flexibility index (Phi) is 3.59. The average molecular weight is 261 g/mol. The van der Waals surface area contributed by atoms with Crippen LogP contribution in [-0.4, -0.2) is 18.5 Å². The molecular formula is C11H11ClF2N2O. The van der Waals surface area contributed by atoms with E-state index in [4.69, 9.17) is 11.6 Å². The molecule has 2 rings (SSSR count). The molecule has 1 fully saturated rings. The zero-order valence-corrected chi connectivity index (χ0v) is 9.65. The molecule has 1 atom stereocenters. The van der Waals surface area contributed by atoms with Crippen molar-refractivity contribution in [1.29, 1.82) is 0 Å². The van der Waals surface area contributed by atoms with Crippen LogP contribution in [0.15, 0.2) is 12.1 Å². The van der Waals surface area contributed by atoms with E-state index in [1.807, 2.05) is 0 Å². The third-order valence-electron chi connectivity index (χ3n) is 2.67. The fourth-order valence-corrected chi connectivity index (χ4v) is 1.92. The molecule has 1 aromatic carbocycles. The number of benzene rings is 1. The van der Waals surface area contributed by atoms with Crippen LogP contribution in [-0.2, 0) is 4.79 Å². The minimum atomic E-state index is -0.946. The Morgan fingerprint density at radius 2 is 2.24 bits per heavy atom. The van der Waals surface area contributed by atoms with Crippen LogP contribution in [0, 0.1) is 11.6 Å². The number of carbonyl (C=O) groups is 1. The van der Waals surface area contributed by atoms with Crippen LogP contribution >= 0.6 is 11.6 Å². The predicted molar refractivity (Wildman–Crippen MR) is 61.0 cm³/mol. The smallest absolute Gasteiger partial charge is 0.241 e. The molecule has 0 saturated carbocycles. The number of amides is 1. The number of hydrogen-bond acceptors (Lipinski definition) is 2. The van der Waals surface area contributed by atoms with Gasteiger partial charge in [-0.25, -0.2) is 8.78 Å². The van der Waals surface area contributed by atoms with Gasteiger partial charge in [-0.05, 0) is 31.5 Å². The monoisotopic (exact) mass is 260 g/mol. The third-order valence-corrected chi connectivity index (χ3v) is 3.02. The first kappa shape index (κ1) is 12.3. The number of carbonyl (C=O) groups excluding carboxylic acids is 1. The van der Waals surface area contributed by atoms with Crippen LogP contribution in [0.2, 0.25) is 5.02 Å². The van der Waals surface area contributed by atoms with Gasteiger partial charge < -0.3 is 10.6 Å². The predicted octanol–water partition coefficient (Wildman–Crippen LogP) is 2.31. The normalized spacial score (nSPS) is 19.4. The first-order valence-corrected chi connectivity index (χ1v) is 5.65. The summed E-state index contributed by atoms with van der Waals surface area (Å²) < 4.78 is 26.4. The Balaban J connectivity index is 2.13. The van der Waals surface area contributed by atoms with Gasteiger partial charge in [0, 0.05) is 0 Å². The van der Waals surface area contributed by atoms with Crippen molar-refractivity contribution >= 4 is 23.2 Å². The second-order valence-electron chi connectivity index (χ2n) is 3.86. The van der Waals surface area contributed by atoms with Gasteiger partial charge >= 0.3 is 0 Å². The van der Waals surface area contributed by atoms with Crippen LogP contribution in [0.1, 0.15) is 12.8 Å². The molecule has 1 saturated heterocycles. The second-order valence-corrected chi connectivity index (χ2v) is 4.24. The highest BCUT2D eigenvalue weighted by atomic mass is 35.5. The second kappa shape index (κ2) is 4.98. The van der Waals surface area contributed by atoms with E-state index in [2.05, 4.69) is 10.6 Å². The molecule has 6 heteroatoms. The average Bonchev–Trinajstić information content (AvgIpc) is 2.83. The fourth-order valence-electron chi connectivity index (χ4n) is 1.75. The SMILES string of the molecule is O=C(Nc1ccc(F)c(Cl)c1F)[C@@H]1CCCN1. The molecule has 1 heterocycles. The molecule has 0 radical (unpaired) electrons. The van der Waals surface area contributed by atoms with E-state index < -0.39 is 16.7 Å². The molecule has 92 valence electrons. The van der Waals surface area contributed by atoms with E-state index in [0.29, 0.717) is 6.42 Å². The van der Waals surface area contributed by atoms with E-state index in [-0.39, 0.29) is 17.6 Å². The summed E-state index contributed by atoms with van der Waals surface area (Å²) in [6.45, 7) is 0.769. The van der Waals surface area contributed by atoms with Crippen molar-refractivity contribution in [1.82, 2.24) is 5.32 Å². The maximum Gasteiger partial charge on any atom is 0.241 e. The molecule has 17 heavy (non-hydrogen) atoms. The summed E-state index contributed by atoms with van der Waals surface area (Å²) in [6.07, 6.45) is 1.62. The molecule has 1 aliphatic heterocycles. The van der Waals surface area contributed by atoms with Gasteiger partial charge in [-0.2, -0.15) is 0 Å². The van der Waals surface area contributed by atoms with Crippen molar-refractivity contribution in [3.05, 3.63) is 28.8 Å². The Morgan fingerprint density at radius 1 is 1.47 bits per heavy atom. The molecule has 1 aromatic rings. The Morgan fingerprint density at radius 3 is 2.88 bits per heavy atom. The molecule has 3 nitrogen and oxygen atoms in total. The van der Waals surface area contributed by atoms with Gasteiger partial charge in [-0.3, -0.25) is 4.79 Å². The highest BCUT2D eigenvalue weighted by Crippen LogP contribution is 2.25. The summed E-state index contributed by atoms with van der Waals surface area (Å²) in [5.74, 6) is -2.12. The van der Waals surface area contributed by atoms with Crippen LogP contribution in [0.4, 0.5) is 14.5 Å². The fraction of sp³-hybridized carbons (Fsp3) is 0.364. The van der Waals surface area contributed by atoms with Crippen LogP contribution < -0.4 is 10.6 Å². The summed E-state index contributed by atoms with van der Waals surface area (Å²) in [5, 5.41) is 4.76. The van der Waals surface area contributed by atoms with Crippen LogP contribution in [0.5, 0.6) is 0 Å². The number of anilines is 1. The summed E-state index contributed by atoms with van der Waals surface area (Å²) in [7, 11) is 0. The first-order valence-electron chi connectivity index (χ1n) is 5.27. The lowest BCUT2D eigenvalue weighted by molar-refractivity contribution is -0.117. The molecule has 0 bridgehead atoms. The van der Waals surface area contributed by atoms with Crippen molar-refractivity contribution < 1.29 is 13.6 Å². The van der Waals surface area contributed by atoms with Gasteiger partial charge in [0.1, 0.15) is 10.8 Å². The Labute approximate surface area is 102 Å². The number of nitrogens with one attached hydrogen (secondary N) is 2. The molecular weight excluding hydrogens is 250 g/mol. The summed E-state index contributed by atoms with van der Waals surface area (Å²) in [4.78, 5) is 11.7.